The van der Waals surface area contributed by atoms with Gasteiger partial charge in [0.25, 0.3) is 0 Å². The molecule has 0 aromatic carbocycles. The van der Waals surface area contributed by atoms with Crippen LogP contribution < -0.4 is 0 Å². The molecule has 0 aromatic rings. The first-order valence-corrected chi connectivity index (χ1v) is 3.12. The van der Waals surface area contributed by atoms with Crippen molar-refractivity contribution in [2.75, 3.05) is 0 Å². The summed E-state index contributed by atoms with van der Waals surface area (Å²) >= 11 is 7.41. The van der Waals surface area contributed by atoms with E-state index >= 15 is 0 Å². The van der Waals surface area contributed by atoms with Gasteiger partial charge in [0.2, 0.25) is 0 Å². The Labute approximate surface area is 53.4 Å². The van der Waals surface area contributed by atoms with E-state index in [-0.39, 0.29) is 4.36 Å². The maximum Gasteiger partial charge on any atom is 0.102 e. The Hall–Kier alpha value is 0.430. The molecule has 0 fully saturated rings. The summed E-state index contributed by atoms with van der Waals surface area (Å²) in [4.78, 5) is 0. The average molecular weight is 160 g/mol. The largest absolute Gasteiger partial charge is 0.768 e. The van der Waals surface area contributed by atoms with Crippen molar-refractivity contribution < 1.29 is 8.76 Å². The van der Waals surface area contributed by atoms with E-state index in [0.29, 0.717) is 0 Å². The molecule has 0 spiro atoms. The second kappa shape index (κ2) is 3.43. The number of hydrogen-bond acceptors (Lipinski definition) is 2. The van der Waals surface area contributed by atoms with Crippen LogP contribution in [0.2, 0.25) is 0 Å². The Morgan fingerprint density at radius 3 is 2.29 bits per heavy atom. The molecule has 42 valence electrons. The molecule has 0 aliphatic carbocycles. The van der Waals surface area contributed by atoms with Gasteiger partial charge in [-0.3, -0.25) is 4.21 Å². The second-order valence-corrected chi connectivity index (χ2v) is 2.41. The molecule has 0 radical (unpaired) electrons. The first kappa shape index (κ1) is 7.43. The van der Waals surface area contributed by atoms with E-state index in [0.717, 1.165) is 5.54 Å². The van der Waals surface area contributed by atoms with E-state index in [2.05, 4.69) is 0 Å². The van der Waals surface area contributed by atoms with E-state index in [1.54, 1.807) is 0 Å². The van der Waals surface area contributed by atoms with E-state index in [1.165, 1.54) is 0 Å². The quantitative estimate of drug-likeness (QED) is 0.539. The van der Waals surface area contributed by atoms with E-state index in [4.69, 9.17) is 23.2 Å². The number of hydrogen-bond donors (Lipinski definition) is 0. The highest BCUT2D eigenvalue weighted by molar-refractivity contribution is 7.85. The lowest BCUT2D eigenvalue weighted by molar-refractivity contribution is 0.545. The van der Waals surface area contributed by atoms with Crippen LogP contribution in [0.15, 0.2) is 9.90 Å². The van der Waals surface area contributed by atoms with Gasteiger partial charge in [-0.05, 0) is 11.1 Å². The molecular weight excluding hydrogens is 159 g/mol. The van der Waals surface area contributed by atoms with E-state index in [9.17, 15) is 8.76 Å². The van der Waals surface area contributed by atoms with Gasteiger partial charge >= 0.3 is 0 Å². The molecule has 0 saturated heterocycles. The lowest BCUT2D eigenvalue weighted by Gasteiger charge is -1.97. The van der Waals surface area contributed by atoms with Gasteiger partial charge in [0, 0.05) is 5.54 Å². The highest BCUT2D eigenvalue weighted by Gasteiger charge is 1.84. The molecule has 0 aromatic heterocycles. The van der Waals surface area contributed by atoms with Crippen LogP contribution in [0.5, 0.6) is 0 Å². The maximum absolute atomic E-state index is 9.65. The molecule has 5 heteroatoms. The molecule has 0 aliphatic heterocycles. The minimum atomic E-state index is -2.37. The maximum atomic E-state index is 9.65. The highest BCUT2D eigenvalue weighted by Crippen LogP contribution is 2.04. The third kappa shape index (κ3) is 3.05. The van der Waals surface area contributed by atoms with Crippen LogP contribution in [0.4, 0.5) is 0 Å². The van der Waals surface area contributed by atoms with Crippen LogP contribution in [0, 0.1) is 0 Å². The minimum Gasteiger partial charge on any atom is -0.768 e. The molecule has 0 N–H and O–H groups in total. The summed E-state index contributed by atoms with van der Waals surface area (Å²) in [6.45, 7) is 0. The molecule has 1 unspecified atom stereocenters. The zero-order valence-corrected chi connectivity index (χ0v) is 5.39. The SMILES string of the molecule is O=S([O-])C(Cl)=CCl. The lowest BCUT2D eigenvalue weighted by Crippen LogP contribution is -1.81. The third-order valence-corrected chi connectivity index (χ3v) is 1.63. The average Bonchev–Trinajstić information content (AvgIpc) is 1.65. The Morgan fingerprint density at radius 1 is 1.86 bits per heavy atom. The molecule has 0 bridgehead atoms. The van der Waals surface area contributed by atoms with Crippen LogP contribution in [0.1, 0.15) is 0 Å². The third-order valence-electron chi connectivity index (χ3n) is 0.245. The van der Waals surface area contributed by atoms with Gasteiger partial charge in [-0.15, -0.1) is 0 Å². The first-order chi connectivity index (χ1) is 3.18. The van der Waals surface area contributed by atoms with Crippen molar-refractivity contribution in [3.8, 4) is 0 Å². The predicted octanol–water partition coefficient (Wildman–Crippen LogP) is 1.14. The first-order valence-electron chi connectivity index (χ1n) is 1.23. The Balaban J connectivity index is 3.82. The molecule has 0 aliphatic rings. The molecule has 7 heavy (non-hydrogen) atoms. The Morgan fingerprint density at radius 2 is 2.29 bits per heavy atom. The van der Waals surface area contributed by atoms with Gasteiger partial charge < -0.3 is 4.55 Å². The van der Waals surface area contributed by atoms with Crippen molar-refractivity contribution in [3.63, 3.8) is 0 Å². The summed E-state index contributed by atoms with van der Waals surface area (Å²) in [6, 6.07) is 0. The van der Waals surface area contributed by atoms with Crippen molar-refractivity contribution in [1.29, 1.82) is 0 Å². The fraction of sp³-hybridized carbons (Fsp3) is 0. The fourth-order valence-corrected chi connectivity index (χ4v) is 0.327. The molecule has 0 rings (SSSR count). The molecule has 0 saturated carbocycles. The zero-order chi connectivity index (χ0) is 5.86. The van der Waals surface area contributed by atoms with Gasteiger partial charge in [-0.2, -0.15) is 0 Å². The summed E-state index contributed by atoms with van der Waals surface area (Å²) in [5, 5.41) is 0. The Kier molecular flexibility index (Phi) is 3.65. The minimum absolute atomic E-state index is 0.373. The zero-order valence-electron chi connectivity index (χ0n) is 3.06. The van der Waals surface area contributed by atoms with Crippen molar-refractivity contribution in [2.24, 2.45) is 0 Å². The molecule has 2 nitrogen and oxygen atoms in total. The standard InChI is InChI=1S/C2H2Cl2O2S/c3-1-2(4)7(5)6/h1H,(H,5,6)/p-1. The van der Waals surface area contributed by atoms with Gasteiger partial charge in [0.1, 0.15) is 4.36 Å². The summed E-state index contributed by atoms with van der Waals surface area (Å²) in [6.07, 6.45) is 0. The second-order valence-electron chi connectivity index (χ2n) is 0.648. The van der Waals surface area contributed by atoms with Crippen molar-refractivity contribution >= 4 is 34.3 Å². The monoisotopic (exact) mass is 159 g/mol. The Bertz CT molecular complexity index is 110. The highest BCUT2D eigenvalue weighted by atomic mass is 35.5. The van der Waals surface area contributed by atoms with Crippen molar-refractivity contribution in [1.82, 2.24) is 0 Å². The topological polar surface area (TPSA) is 40.1 Å². The molecule has 0 heterocycles. The van der Waals surface area contributed by atoms with Gasteiger partial charge in [0.05, 0.1) is 0 Å². The lowest BCUT2D eigenvalue weighted by atomic mass is 11.2. The van der Waals surface area contributed by atoms with Crippen LogP contribution in [0.3, 0.4) is 0 Å². The van der Waals surface area contributed by atoms with Crippen LogP contribution in [-0.4, -0.2) is 8.76 Å². The van der Waals surface area contributed by atoms with Gasteiger partial charge in [-0.25, -0.2) is 0 Å². The summed E-state index contributed by atoms with van der Waals surface area (Å²) in [5.74, 6) is 0. The van der Waals surface area contributed by atoms with Crippen molar-refractivity contribution in [3.05, 3.63) is 9.90 Å². The van der Waals surface area contributed by atoms with E-state index in [1.807, 2.05) is 0 Å². The molecular formula is C2HCl2O2S-. The predicted molar refractivity (Wildman–Crippen MR) is 28.7 cm³/mol. The van der Waals surface area contributed by atoms with Crippen molar-refractivity contribution in [2.45, 2.75) is 0 Å². The summed E-state index contributed by atoms with van der Waals surface area (Å²) in [5.41, 5.74) is 0.782. The summed E-state index contributed by atoms with van der Waals surface area (Å²) in [7, 11) is 0. The van der Waals surface area contributed by atoms with Crippen LogP contribution in [-0.2, 0) is 11.1 Å². The normalized spacial score (nSPS) is 16.7. The van der Waals surface area contributed by atoms with Gasteiger partial charge in [0.15, 0.2) is 0 Å². The summed E-state index contributed by atoms with van der Waals surface area (Å²) < 4.78 is 18.9. The van der Waals surface area contributed by atoms with Crippen LogP contribution >= 0.6 is 23.2 Å². The number of rotatable bonds is 1. The molecule has 1 atom stereocenters. The molecule has 0 amide bonds. The van der Waals surface area contributed by atoms with E-state index < -0.39 is 11.1 Å². The van der Waals surface area contributed by atoms with Gasteiger partial charge in [-0.1, -0.05) is 23.2 Å². The smallest absolute Gasteiger partial charge is 0.102 e. The van der Waals surface area contributed by atoms with Crippen LogP contribution in [0.25, 0.3) is 0 Å². The fourth-order valence-electron chi connectivity index (χ4n) is 0.0364. The number of halogens is 2.